The molecule has 0 aromatic carbocycles. The van der Waals surface area contributed by atoms with E-state index in [-0.39, 0.29) is 12.1 Å². The molecule has 116 valence electrons. The fourth-order valence-electron chi connectivity index (χ4n) is 3.21. The van der Waals surface area contributed by atoms with Crippen LogP contribution in [0.4, 0.5) is 4.79 Å². The van der Waals surface area contributed by atoms with E-state index in [0.29, 0.717) is 6.10 Å². The predicted molar refractivity (Wildman–Crippen MR) is 79.9 cm³/mol. The van der Waals surface area contributed by atoms with Gasteiger partial charge < -0.3 is 19.9 Å². The number of urea groups is 1. The molecule has 2 rings (SSSR count). The molecule has 0 radical (unpaired) electrons. The zero-order valence-corrected chi connectivity index (χ0v) is 12.9. The average Bonchev–Trinajstić information content (AvgIpc) is 3.09. The largest absolute Gasteiger partial charge is 0.381 e. The van der Waals surface area contributed by atoms with Crippen LogP contribution in [0.15, 0.2) is 0 Å². The molecule has 1 saturated carbocycles. The zero-order chi connectivity index (χ0) is 14.4. The number of likely N-dealkylation sites (tertiary alicyclic amines) is 1. The Labute approximate surface area is 122 Å². The molecule has 1 aliphatic heterocycles. The number of nitrogens with one attached hydrogen (secondary N) is 1. The standard InChI is InChI=1S/C15H29N3O2/c1-17(8-5-11-18-9-3-4-10-18)15(19)16-13-6-7-14(12-13)20-2/h13-14H,3-12H2,1-2H3,(H,16,19)/t13-,14-/m0/s1. The maximum absolute atomic E-state index is 12.1. The Morgan fingerprint density at radius 2 is 2.10 bits per heavy atom. The second-order valence-electron chi connectivity index (χ2n) is 6.14. The molecule has 2 fully saturated rings. The molecule has 0 spiro atoms. The number of hydrogen-bond donors (Lipinski definition) is 1. The molecule has 2 amide bonds. The van der Waals surface area contributed by atoms with Crippen molar-refractivity contribution in [2.75, 3.05) is 40.3 Å². The van der Waals surface area contributed by atoms with E-state index in [1.807, 2.05) is 11.9 Å². The lowest BCUT2D eigenvalue weighted by molar-refractivity contribution is 0.107. The number of nitrogens with zero attached hydrogens (tertiary/aromatic N) is 2. The summed E-state index contributed by atoms with van der Waals surface area (Å²) in [6, 6.07) is 0.349. The van der Waals surface area contributed by atoms with Crippen LogP contribution < -0.4 is 5.32 Å². The minimum atomic E-state index is 0.0631. The summed E-state index contributed by atoms with van der Waals surface area (Å²) in [5, 5.41) is 3.11. The second-order valence-corrected chi connectivity index (χ2v) is 6.14. The van der Waals surface area contributed by atoms with E-state index in [1.54, 1.807) is 7.11 Å². The van der Waals surface area contributed by atoms with Gasteiger partial charge in [-0.3, -0.25) is 0 Å². The molecule has 1 N–H and O–H groups in total. The second kappa shape index (κ2) is 7.84. The fraction of sp³-hybridized carbons (Fsp3) is 0.933. The van der Waals surface area contributed by atoms with Crippen molar-refractivity contribution in [3.8, 4) is 0 Å². The maximum Gasteiger partial charge on any atom is 0.317 e. The van der Waals surface area contributed by atoms with Gasteiger partial charge in [-0.15, -0.1) is 0 Å². The van der Waals surface area contributed by atoms with Crippen LogP contribution in [0.1, 0.15) is 38.5 Å². The van der Waals surface area contributed by atoms with E-state index in [2.05, 4.69) is 10.2 Å². The lowest BCUT2D eigenvalue weighted by Gasteiger charge is -2.22. The number of rotatable bonds is 6. The number of carbonyl (C=O) groups excluding carboxylic acids is 1. The highest BCUT2D eigenvalue weighted by Crippen LogP contribution is 2.21. The van der Waals surface area contributed by atoms with Crippen molar-refractivity contribution in [3.05, 3.63) is 0 Å². The SMILES string of the molecule is CO[C@H]1CC[C@H](NC(=O)N(C)CCCN2CCCC2)C1. The molecule has 2 atom stereocenters. The third-order valence-electron chi connectivity index (χ3n) is 4.56. The topological polar surface area (TPSA) is 44.8 Å². The van der Waals surface area contributed by atoms with Crippen molar-refractivity contribution in [3.63, 3.8) is 0 Å². The molecular weight excluding hydrogens is 254 g/mol. The normalized spacial score (nSPS) is 26.9. The molecular formula is C15H29N3O2. The molecule has 1 aliphatic carbocycles. The van der Waals surface area contributed by atoms with Crippen LogP contribution in [0.5, 0.6) is 0 Å². The Kier molecular flexibility index (Phi) is 6.10. The first kappa shape index (κ1) is 15.6. The predicted octanol–water partition coefficient (Wildman–Crippen LogP) is 1.68. The molecule has 5 heteroatoms. The van der Waals surface area contributed by atoms with E-state index in [9.17, 15) is 4.79 Å². The van der Waals surface area contributed by atoms with Gasteiger partial charge in [-0.1, -0.05) is 0 Å². The van der Waals surface area contributed by atoms with E-state index >= 15 is 0 Å². The van der Waals surface area contributed by atoms with Gasteiger partial charge in [-0.25, -0.2) is 4.79 Å². The summed E-state index contributed by atoms with van der Waals surface area (Å²) in [5.74, 6) is 0. The lowest BCUT2D eigenvalue weighted by atomic mass is 10.2. The van der Waals surface area contributed by atoms with E-state index in [4.69, 9.17) is 4.74 Å². The summed E-state index contributed by atoms with van der Waals surface area (Å²) < 4.78 is 5.33. The molecule has 0 aromatic rings. The van der Waals surface area contributed by atoms with Gasteiger partial charge in [0.2, 0.25) is 0 Å². The van der Waals surface area contributed by atoms with Crippen LogP contribution in [0.25, 0.3) is 0 Å². The maximum atomic E-state index is 12.1. The molecule has 1 heterocycles. The van der Waals surface area contributed by atoms with Gasteiger partial charge in [-0.05, 0) is 58.2 Å². The lowest BCUT2D eigenvalue weighted by Crippen LogP contribution is -2.43. The van der Waals surface area contributed by atoms with E-state index in [1.165, 1.54) is 25.9 Å². The summed E-state index contributed by atoms with van der Waals surface area (Å²) in [5.41, 5.74) is 0. The van der Waals surface area contributed by atoms with Gasteiger partial charge in [0, 0.05) is 26.7 Å². The minimum absolute atomic E-state index is 0.0631. The molecule has 20 heavy (non-hydrogen) atoms. The monoisotopic (exact) mass is 283 g/mol. The van der Waals surface area contributed by atoms with Gasteiger partial charge in [0.05, 0.1) is 6.10 Å². The Hall–Kier alpha value is -0.810. The fourth-order valence-corrected chi connectivity index (χ4v) is 3.21. The van der Waals surface area contributed by atoms with Crippen molar-refractivity contribution < 1.29 is 9.53 Å². The summed E-state index contributed by atoms with van der Waals surface area (Å²) >= 11 is 0. The highest BCUT2D eigenvalue weighted by atomic mass is 16.5. The Morgan fingerprint density at radius 1 is 1.35 bits per heavy atom. The average molecular weight is 283 g/mol. The smallest absolute Gasteiger partial charge is 0.317 e. The van der Waals surface area contributed by atoms with Gasteiger partial charge in [0.1, 0.15) is 0 Å². The Bertz CT molecular complexity index is 305. The summed E-state index contributed by atoms with van der Waals surface area (Å²) in [6.07, 6.45) is 7.09. The van der Waals surface area contributed by atoms with Crippen molar-refractivity contribution in [2.24, 2.45) is 0 Å². The third-order valence-corrected chi connectivity index (χ3v) is 4.56. The number of hydrogen-bond acceptors (Lipinski definition) is 3. The minimum Gasteiger partial charge on any atom is -0.381 e. The Morgan fingerprint density at radius 3 is 2.75 bits per heavy atom. The molecule has 0 bridgehead atoms. The quantitative estimate of drug-likeness (QED) is 0.806. The molecule has 0 unspecified atom stereocenters. The van der Waals surface area contributed by atoms with Crippen molar-refractivity contribution >= 4 is 6.03 Å². The summed E-state index contributed by atoms with van der Waals surface area (Å²) in [4.78, 5) is 16.4. The summed E-state index contributed by atoms with van der Waals surface area (Å²) in [6.45, 7) is 4.42. The van der Waals surface area contributed by atoms with Crippen LogP contribution >= 0.6 is 0 Å². The number of amides is 2. The van der Waals surface area contributed by atoms with Crippen LogP contribution in [-0.2, 0) is 4.74 Å². The first-order chi connectivity index (χ1) is 9.69. The van der Waals surface area contributed by atoms with Crippen molar-refractivity contribution in [2.45, 2.75) is 50.7 Å². The molecule has 0 aromatic heterocycles. The van der Waals surface area contributed by atoms with Gasteiger partial charge >= 0.3 is 6.03 Å². The van der Waals surface area contributed by atoms with Crippen LogP contribution in [0.3, 0.4) is 0 Å². The highest BCUT2D eigenvalue weighted by molar-refractivity contribution is 5.74. The first-order valence-electron chi connectivity index (χ1n) is 7.96. The highest BCUT2D eigenvalue weighted by Gasteiger charge is 2.26. The van der Waals surface area contributed by atoms with Gasteiger partial charge in [0.15, 0.2) is 0 Å². The van der Waals surface area contributed by atoms with Gasteiger partial charge in [0.25, 0.3) is 0 Å². The van der Waals surface area contributed by atoms with Crippen LogP contribution in [0, 0.1) is 0 Å². The van der Waals surface area contributed by atoms with Gasteiger partial charge in [-0.2, -0.15) is 0 Å². The Balaban J connectivity index is 1.59. The number of methoxy groups -OCH3 is 1. The first-order valence-corrected chi connectivity index (χ1v) is 7.96. The van der Waals surface area contributed by atoms with Crippen LogP contribution in [0.2, 0.25) is 0 Å². The molecule has 2 aliphatic rings. The molecule has 1 saturated heterocycles. The van der Waals surface area contributed by atoms with E-state index in [0.717, 1.165) is 38.8 Å². The number of carbonyl (C=O) groups is 1. The van der Waals surface area contributed by atoms with Crippen molar-refractivity contribution in [1.29, 1.82) is 0 Å². The molecule has 5 nitrogen and oxygen atoms in total. The van der Waals surface area contributed by atoms with E-state index < -0.39 is 0 Å². The van der Waals surface area contributed by atoms with Crippen molar-refractivity contribution in [1.82, 2.24) is 15.1 Å². The zero-order valence-electron chi connectivity index (χ0n) is 12.9. The third kappa shape index (κ3) is 4.63. The number of ether oxygens (including phenoxy) is 1. The van der Waals surface area contributed by atoms with Crippen LogP contribution in [-0.4, -0.2) is 68.3 Å². The summed E-state index contributed by atoms with van der Waals surface area (Å²) in [7, 11) is 3.64.